The first-order valence-electron chi connectivity index (χ1n) is 6.32. The second kappa shape index (κ2) is 5.44. The molecule has 6 nitrogen and oxygen atoms in total. The van der Waals surface area contributed by atoms with E-state index in [1.807, 2.05) is 0 Å². The second-order valence-electron chi connectivity index (χ2n) is 4.91. The third-order valence-corrected chi connectivity index (χ3v) is 3.55. The van der Waals surface area contributed by atoms with Gasteiger partial charge in [0, 0.05) is 25.7 Å². The Morgan fingerprint density at radius 2 is 2.26 bits per heavy atom. The molecule has 0 radical (unpaired) electrons. The van der Waals surface area contributed by atoms with Gasteiger partial charge in [-0.15, -0.1) is 0 Å². The number of hydrogen-bond acceptors (Lipinski definition) is 6. The number of likely N-dealkylation sites (N-methyl/N-ethyl adjacent to an activating group) is 1. The Morgan fingerprint density at radius 1 is 1.53 bits per heavy atom. The van der Waals surface area contributed by atoms with E-state index in [0.29, 0.717) is 23.1 Å². The van der Waals surface area contributed by atoms with Gasteiger partial charge in [-0.2, -0.15) is 0 Å². The summed E-state index contributed by atoms with van der Waals surface area (Å²) in [5.74, 6) is 0.252. The van der Waals surface area contributed by atoms with Gasteiger partial charge in [-0.25, -0.2) is 9.78 Å². The second-order valence-corrected chi connectivity index (χ2v) is 4.91. The third kappa shape index (κ3) is 2.78. The molecule has 1 aliphatic rings. The van der Waals surface area contributed by atoms with Crippen LogP contribution in [0.2, 0.25) is 0 Å². The van der Waals surface area contributed by atoms with Gasteiger partial charge in [-0.1, -0.05) is 0 Å². The molecule has 2 heterocycles. The van der Waals surface area contributed by atoms with Crippen molar-refractivity contribution < 1.29 is 9.53 Å². The van der Waals surface area contributed by atoms with Gasteiger partial charge in [-0.05, 0) is 20.0 Å². The monoisotopic (exact) mass is 264 g/mol. The van der Waals surface area contributed by atoms with Crippen LogP contribution in [0.15, 0.2) is 12.3 Å². The minimum absolute atomic E-state index is 0.401. The lowest BCUT2D eigenvalue weighted by Crippen LogP contribution is -2.50. The van der Waals surface area contributed by atoms with E-state index in [2.05, 4.69) is 28.8 Å². The van der Waals surface area contributed by atoms with E-state index in [1.165, 1.54) is 7.11 Å². The number of hydrogen-bond donors (Lipinski definition) is 1. The number of methoxy groups -OCH3 is 1. The molecule has 1 saturated heterocycles. The number of piperazine rings is 1. The Morgan fingerprint density at radius 3 is 2.89 bits per heavy atom. The van der Waals surface area contributed by atoms with E-state index in [9.17, 15) is 4.79 Å². The Balaban J connectivity index is 2.31. The molecule has 1 atom stereocenters. The molecule has 0 saturated carbocycles. The zero-order valence-corrected chi connectivity index (χ0v) is 11.6. The van der Waals surface area contributed by atoms with Gasteiger partial charge in [0.1, 0.15) is 11.4 Å². The molecule has 19 heavy (non-hydrogen) atoms. The van der Waals surface area contributed by atoms with E-state index in [0.717, 1.165) is 19.6 Å². The van der Waals surface area contributed by atoms with Crippen molar-refractivity contribution in [2.75, 3.05) is 44.4 Å². The summed E-state index contributed by atoms with van der Waals surface area (Å²) in [4.78, 5) is 20.5. The number of ether oxygens (including phenoxy) is 1. The van der Waals surface area contributed by atoms with Crippen LogP contribution < -0.4 is 10.6 Å². The van der Waals surface area contributed by atoms with Crippen LogP contribution in [0.25, 0.3) is 0 Å². The van der Waals surface area contributed by atoms with Crippen LogP contribution in [0.5, 0.6) is 0 Å². The minimum Gasteiger partial charge on any atom is -0.465 e. The van der Waals surface area contributed by atoms with Gasteiger partial charge < -0.3 is 20.3 Å². The number of rotatable bonds is 2. The molecule has 1 aromatic heterocycles. The third-order valence-electron chi connectivity index (χ3n) is 3.55. The molecule has 0 spiro atoms. The maximum Gasteiger partial charge on any atom is 0.341 e. The van der Waals surface area contributed by atoms with Crippen molar-refractivity contribution in [3.63, 3.8) is 0 Å². The average Bonchev–Trinajstić information content (AvgIpc) is 2.41. The summed E-state index contributed by atoms with van der Waals surface area (Å²) in [5.41, 5.74) is 6.60. The minimum atomic E-state index is -0.401. The highest BCUT2D eigenvalue weighted by Gasteiger charge is 2.25. The SMILES string of the molecule is COC(=O)c1cc(N)cnc1N1CCN(C)C(C)C1. The lowest BCUT2D eigenvalue weighted by atomic mass is 10.1. The molecule has 1 fully saturated rings. The lowest BCUT2D eigenvalue weighted by Gasteiger charge is -2.38. The molecule has 1 aromatic rings. The molecule has 6 heteroatoms. The first-order valence-corrected chi connectivity index (χ1v) is 6.32. The number of aromatic nitrogens is 1. The van der Waals surface area contributed by atoms with Crippen molar-refractivity contribution in [3.05, 3.63) is 17.8 Å². The van der Waals surface area contributed by atoms with Crippen molar-refractivity contribution in [3.8, 4) is 0 Å². The molecular weight excluding hydrogens is 244 g/mol. The first kappa shape index (κ1) is 13.6. The van der Waals surface area contributed by atoms with Crippen molar-refractivity contribution >= 4 is 17.5 Å². The Hall–Kier alpha value is -1.82. The number of esters is 1. The number of nitrogen functional groups attached to an aromatic ring is 1. The average molecular weight is 264 g/mol. The van der Waals surface area contributed by atoms with Crippen molar-refractivity contribution in [2.24, 2.45) is 0 Å². The molecule has 1 aliphatic heterocycles. The first-order chi connectivity index (χ1) is 9.02. The Bertz CT molecular complexity index is 478. The smallest absolute Gasteiger partial charge is 0.341 e. The fourth-order valence-electron chi connectivity index (χ4n) is 2.23. The van der Waals surface area contributed by atoms with E-state index in [-0.39, 0.29) is 0 Å². The topological polar surface area (TPSA) is 71.7 Å². The van der Waals surface area contributed by atoms with Gasteiger partial charge in [-0.3, -0.25) is 0 Å². The Labute approximate surface area is 113 Å². The van der Waals surface area contributed by atoms with Crippen LogP contribution in [0.1, 0.15) is 17.3 Å². The van der Waals surface area contributed by atoms with Gasteiger partial charge in [0.2, 0.25) is 0 Å². The standard InChI is InChI=1S/C13H20N4O2/c1-9-8-17(5-4-16(9)2)12-11(13(18)19-3)6-10(14)7-15-12/h6-7,9H,4-5,8,14H2,1-3H3. The molecule has 2 N–H and O–H groups in total. The summed E-state index contributed by atoms with van der Waals surface area (Å²) in [6.07, 6.45) is 1.57. The van der Waals surface area contributed by atoms with Gasteiger partial charge >= 0.3 is 5.97 Å². The van der Waals surface area contributed by atoms with E-state index < -0.39 is 5.97 Å². The summed E-state index contributed by atoms with van der Waals surface area (Å²) >= 11 is 0. The Kier molecular flexibility index (Phi) is 3.90. The quantitative estimate of drug-likeness (QED) is 0.788. The van der Waals surface area contributed by atoms with Gasteiger partial charge in [0.05, 0.1) is 19.0 Å². The summed E-state index contributed by atoms with van der Waals surface area (Å²) < 4.78 is 4.80. The number of nitrogens with two attached hydrogens (primary N) is 1. The molecule has 0 amide bonds. The van der Waals surface area contributed by atoms with Crippen LogP contribution in [0, 0.1) is 0 Å². The predicted molar refractivity (Wildman–Crippen MR) is 74.3 cm³/mol. The molecule has 0 bridgehead atoms. The summed E-state index contributed by atoms with van der Waals surface area (Å²) in [5, 5.41) is 0. The predicted octanol–water partition coefficient (Wildman–Crippen LogP) is 0.591. The van der Waals surface area contributed by atoms with Crippen LogP contribution in [0.4, 0.5) is 11.5 Å². The van der Waals surface area contributed by atoms with E-state index >= 15 is 0 Å². The molecule has 1 unspecified atom stereocenters. The summed E-state index contributed by atoms with van der Waals surface area (Å²) in [6.45, 7) is 4.76. The maximum absolute atomic E-state index is 11.8. The maximum atomic E-state index is 11.8. The van der Waals surface area contributed by atoms with E-state index in [1.54, 1.807) is 12.3 Å². The van der Waals surface area contributed by atoms with Crippen molar-refractivity contribution in [1.29, 1.82) is 0 Å². The lowest BCUT2D eigenvalue weighted by molar-refractivity contribution is 0.0600. The summed E-state index contributed by atoms with van der Waals surface area (Å²) in [7, 11) is 3.46. The van der Waals surface area contributed by atoms with Gasteiger partial charge in [0.25, 0.3) is 0 Å². The highest BCUT2D eigenvalue weighted by Crippen LogP contribution is 2.23. The number of anilines is 2. The molecule has 0 aliphatic carbocycles. The fraction of sp³-hybridized carbons (Fsp3) is 0.538. The highest BCUT2D eigenvalue weighted by molar-refractivity contribution is 5.95. The fourth-order valence-corrected chi connectivity index (χ4v) is 2.23. The number of carbonyl (C=O) groups excluding carboxylic acids is 1. The number of pyridine rings is 1. The molecular formula is C13H20N4O2. The van der Waals surface area contributed by atoms with Crippen LogP contribution >= 0.6 is 0 Å². The molecule has 0 aromatic carbocycles. The number of carbonyl (C=O) groups is 1. The van der Waals surface area contributed by atoms with E-state index in [4.69, 9.17) is 10.5 Å². The number of nitrogens with zero attached hydrogens (tertiary/aromatic N) is 3. The summed E-state index contributed by atoms with van der Waals surface area (Å²) in [6, 6.07) is 2.04. The van der Waals surface area contributed by atoms with Crippen LogP contribution in [-0.4, -0.2) is 55.7 Å². The molecule has 104 valence electrons. The normalized spacial score (nSPS) is 20.4. The van der Waals surface area contributed by atoms with Crippen molar-refractivity contribution in [2.45, 2.75) is 13.0 Å². The van der Waals surface area contributed by atoms with Crippen LogP contribution in [0.3, 0.4) is 0 Å². The van der Waals surface area contributed by atoms with Crippen LogP contribution in [-0.2, 0) is 4.74 Å². The molecule has 2 rings (SSSR count). The zero-order valence-electron chi connectivity index (χ0n) is 11.6. The van der Waals surface area contributed by atoms with Crippen molar-refractivity contribution in [1.82, 2.24) is 9.88 Å². The van der Waals surface area contributed by atoms with Gasteiger partial charge in [0.15, 0.2) is 0 Å². The largest absolute Gasteiger partial charge is 0.465 e. The zero-order chi connectivity index (χ0) is 14.0. The highest BCUT2D eigenvalue weighted by atomic mass is 16.5.